The van der Waals surface area contributed by atoms with Crippen LogP contribution >= 0.6 is 0 Å². The molecule has 0 saturated heterocycles. The van der Waals surface area contributed by atoms with Gasteiger partial charge in [-0.1, -0.05) is 6.92 Å². The van der Waals surface area contributed by atoms with Crippen molar-refractivity contribution < 1.29 is 26.9 Å². The van der Waals surface area contributed by atoms with E-state index < -0.39 is 37.5 Å². The second-order valence-corrected chi connectivity index (χ2v) is 2.95. The zero-order valence-electron chi connectivity index (χ0n) is 9.04. The molecule has 6 heteroatoms. The largest absolute Gasteiger partial charge is 0.394 e. The predicted octanol–water partition coefficient (Wildman–Crippen LogP) is -2.97. The van der Waals surface area contributed by atoms with Gasteiger partial charge >= 0.3 is 0 Å². The van der Waals surface area contributed by atoms with E-state index in [0.29, 0.717) is 6.54 Å². The molecule has 0 aromatic heterocycles. The molecule has 1 unspecified atom stereocenters. The molecule has 0 saturated carbocycles. The lowest BCUT2D eigenvalue weighted by Gasteiger charge is -2.25. The highest BCUT2D eigenvalue weighted by Gasteiger charge is 2.29. The maximum Gasteiger partial charge on any atom is 0.111 e. The van der Waals surface area contributed by atoms with Crippen molar-refractivity contribution in [1.82, 2.24) is 5.32 Å². The van der Waals surface area contributed by atoms with Crippen LogP contribution in [0.3, 0.4) is 0 Å². The van der Waals surface area contributed by atoms with Gasteiger partial charge in [-0.05, 0) is 6.54 Å². The van der Waals surface area contributed by atoms with E-state index in [1.807, 2.05) is 0 Å². The normalized spacial score (nSPS) is 23.4. The summed E-state index contributed by atoms with van der Waals surface area (Å²) in [4.78, 5) is 0. The highest BCUT2D eigenvalue weighted by molar-refractivity contribution is 4.81. The lowest BCUT2D eigenvalue weighted by molar-refractivity contribution is -0.113. The highest BCUT2D eigenvalue weighted by atomic mass is 16.4. The van der Waals surface area contributed by atoms with Gasteiger partial charge in [-0.3, -0.25) is 0 Å². The van der Waals surface area contributed by atoms with E-state index in [9.17, 15) is 15.3 Å². The van der Waals surface area contributed by atoms with Crippen molar-refractivity contribution in [3.8, 4) is 0 Å². The number of hydrogen-bond acceptors (Lipinski definition) is 6. The number of aliphatic hydroxyl groups excluding tert-OH is 5. The molecule has 5 atom stereocenters. The molecule has 6 N–H and O–H groups in total. The summed E-state index contributed by atoms with van der Waals surface area (Å²) < 4.78 is 7.32. The minimum atomic E-state index is -1.69. The molecule has 0 amide bonds. The van der Waals surface area contributed by atoms with Crippen LogP contribution in [0.5, 0.6) is 0 Å². The van der Waals surface area contributed by atoms with Crippen molar-refractivity contribution in [2.75, 3.05) is 19.7 Å². The SMILES string of the molecule is [2H]C(NCC)[C@H](O)[C@@H](O)[C@H](O)[C@H](O)CO. The fourth-order valence-corrected chi connectivity index (χ4v) is 0.875. The summed E-state index contributed by atoms with van der Waals surface area (Å²) in [5, 5.41) is 48.0. The number of hydrogen-bond donors (Lipinski definition) is 6. The van der Waals surface area contributed by atoms with Crippen LogP contribution in [0.2, 0.25) is 0 Å². The Balaban J connectivity index is 4.22. The second-order valence-electron chi connectivity index (χ2n) is 2.95. The molecular weight excluding hydrogens is 190 g/mol. The van der Waals surface area contributed by atoms with Crippen LogP contribution in [-0.4, -0.2) is 69.6 Å². The van der Waals surface area contributed by atoms with E-state index in [1.54, 1.807) is 6.92 Å². The summed E-state index contributed by atoms with van der Waals surface area (Å²) in [6.07, 6.45) is -6.45. The lowest BCUT2D eigenvalue weighted by Crippen LogP contribution is -2.49. The van der Waals surface area contributed by atoms with Gasteiger partial charge in [-0.2, -0.15) is 0 Å². The Labute approximate surface area is 84.2 Å². The molecule has 86 valence electrons. The molecule has 0 aromatic rings. The van der Waals surface area contributed by atoms with Gasteiger partial charge in [0.25, 0.3) is 0 Å². The summed E-state index contributed by atoms with van der Waals surface area (Å²) in [5.74, 6) is 0. The zero-order valence-corrected chi connectivity index (χ0v) is 8.04. The number of likely N-dealkylation sites (N-methyl/N-ethyl adjacent to an activating group) is 1. The summed E-state index contributed by atoms with van der Waals surface area (Å²) >= 11 is 0. The van der Waals surface area contributed by atoms with E-state index in [0.717, 1.165) is 0 Å². The van der Waals surface area contributed by atoms with Crippen molar-refractivity contribution in [3.63, 3.8) is 0 Å². The smallest absolute Gasteiger partial charge is 0.111 e. The lowest BCUT2D eigenvalue weighted by atomic mass is 10.0. The van der Waals surface area contributed by atoms with Crippen molar-refractivity contribution in [2.24, 2.45) is 0 Å². The molecule has 0 bridgehead atoms. The first-order valence-corrected chi connectivity index (χ1v) is 4.44. The first-order valence-electron chi connectivity index (χ1n) is 5.02. The van der Waals surface area contributed by atoms with Gasteiger partial charge in [0, 0.05) is 7.89 Å². The van der Waals surface area contributed by atoms with Crippen molar-refractivity contribution >= 4 is 0 Å². The van der Waals surface area contributed by atoms with E-state index in [-0.39, 0.29) is 0 Å². The third kappa shape index (κ3) is 4.32. The fourth-order valence-electron chi connectivity index (χ4n) is 0.875. The van der Waals surface area contributed by atoms with Crippen LogP contribution in [0, 0.1) is 0 Å². The van der Waals surface area contributed by atoms with Gasteiger partial charge in [0.2, 0.25) is 0 Å². The minimum Gasteiger partial charge on any atom is -0.394 e. The molecule has 0 aliphatic carbocycles. The summed E-state index contributed by atoms with van der Waals surface area (Å²) in [6, 6.07) is 0. The zero-order chi connectivity index (χ0) is 12.0. The molecule has 0 fully saturated rings. The average Bonchev–Trinajstić information content (AvgIpc) is 2.25. The minimum absolute atomic E-state index is 0.427. The van der Waals surface area contributed by atoms with Gasteiger partial charge in [0.1, 0.15) is 18.3 Å². The first-order chi connectivity index (χ1) is 6.95. The quantitative estimate of drug-likeness (QED) is 0.267. The third-order valence-corrected chi connectivity index (χ3v) is 1.77. The number of aliphatic hydroxyl groups is 5. The molecule has 0 radical (unpaired) electrons. The van der Waals surface area contributed by atoms with Crippen molar-refractivity contribution in [2.45, 2.75) is 31.3 Å². The van der Waals surface area contributed by atoms with Gasteiger partial charge in [-0.15, -0.1) is 0 Å². The highest BCUT2D eigenvalue weighted by Crippen LogP contribution is 2.04. The van der Waals surface area contributed by atoms with E-state index in [4.69, 9.17) is 11.6 Å². The summed E-state index contributed by atoms with van der Waals surface area (Å²) in [5.41, 5.74) is 0. The van der Waals surface area contributed by atoms with Gasteiger partial charge in [0.05, 0.1) is 12.7 Å². The molecule has 0 heterocycles. The standard InChI is InChI=1S/C8H19NO5/c1-2-9-3-5(11)7(13)8(14)6(12)4-10/h5-14H,2-4H2,1H3/t5-,6+,7+,8+/m0/s1/i3D/t3?,5-,6+,7+,8+. The Morgan fingerprint density at radius 2 is 1.64 bits per heavy atom. The van der Waals surface area contributed by atoms with E-state index in [2.05, 4.69) is 5.32 Å². The van der Waals surface area contributed by atoms with Gasteiger partial charge in [-0.25, -0.2) is 0 Å². The first kappa shape index (κ1) is 11.8. The molecule has 0 aliphatic heterocycles. The maximum absolute atomic E-state index is 9.38. The van der Waals surface area contributed by atoms with Gasteiger partial charge in [0.15, 0.2) is 0 Å². The predicted molar refractivity (Wildman–Crippen MR) is 49.7 cm³/mol. The molecule has 0 rings (SSSR count). The van der Waals surface area contributed by atoms with Crippen molar-refractivity contribution in [3.05, 3.63) is 0 Å². The fraction of sp³-hybridized carbons (Fsp3) is 1.00. The van der Waals surface area contributed by atoms with Crippen LogP contribution in [-0.2, 0) is 0 Å². The summed E-state index contributed by atoms with van der Waals surface area (Å²) in [7, 11) is 0. The van der Waals surface area contributed by atoms with Crippen molar-refractivity contribution in [1.29, 1.82) is 0 Å². The van der Waals surface area contributed by atoms with Gasteiger partial charge < -0.3 is 30.8 Å². The Morgan fingerprint density at radius 3 is 2.07 bits per heavy atom. The number of rotatable bonds is 7. The monoisotopic (exact) mass is 210 g/mol. The average molecular weight is 210 g/mol. The topological polar surface area (TPSA) is 113 Å². The van der Waals surface area contributed by atoms with E-state index in [1.165, 1.54) is 0 Å². The Morgan fingerprint density at radius 1 is 1.14 bits per heavy atom. The molecule has 0 aliphatic rings. The molecule has 0 spiro atoms. The Hall–Kier alpha value is -0.240. The van der Waals surface area contributed by atoms with Crippen LogP contribution in [0.15, 0.2) is 0 Å². The van der Waals surface area contributed by atoms with Crippen LogP contribution in [0.4, 0.5) is 0 Å². The van der Waals surface area contributed by atoms with E-state index >= 15 is 0 Å². The molecular formula is C8H19NO5. The Kier molecular flexibility index (Phi) is 6.00. The number of nitrogens with one attached hydrogen (secondary N) is 1. The van der Waals surface area contributed by atoms with Crippen LogP contribution in [0.25, 0.3) is 0 Å². The molecule has 0 aromatic carbocycles. The van der Waals surface area contributed by atoms with Crippen LogP contribution < -0.4 is 5.32 Å². The van der Waals surface area contributed by atoms with Crippen LogP contribution in [0.1, 0.15) is 8.29 Å². The summed E-state index contributed by atoms with van der Waals surface area (Å²) in [6.45, 7) is 0.260. The Bertz CT molecular complexity index is 173. The molecule has 14 heavy (non-hydrogen) atoms. The second kappa shape index (κ2) is 7.10. The third-order valence-electron chi connectivity index (χ3n) is 1.77. The molecule has 6 nitrogen and oxygen atoms in total. The maximum atomic E-state index is 9.38.